The van der Waals surface area contributed by atoms with Crippen LogP contribution in [0.2, 0.25) is 0 Å². The zero-order valence-corrected chi connectivity index (χ0v) is 17.0. The summed E-state index contributed by atoms with van der Waals surface area (Å²) in [6.07, 6.45) is 1.33. The maximum absolute atomic E-state index is 14.4. The fraction of sp³-hybridized carbons (Fsp3) is 0.364. The van der Waals surface area contributed by atoms with Crippen LogP contribution in [-0.2, 0) is 15.1 Å². The summed E-state index contributed by atoms with van der Waals surface area (Å²) >= 11 is 1.35. The number of hydrogen-bond donors (Lipinski definition) is 0. The molecule has 0 spiro atoms. The molecule has 2 aromatic carbocycles. The highest BCUT2D eigenvalue weighted by molar-refractivity contribution is 7.99. The zero-order valence-electron chi connectivity index (χ0n) is 16.2. The van der Waals surface area contributed by atoms with Gasteiger partial charge in [0.25, 0.3) is 0 Å². The Bertz CT molecular complexity index is 903. The van der Waals surface area contributed by atoms with E-state index < -0.39 is 5.60 Å². The molecule has 1 fully saturated rings. The number of methoxy groups -OCH3 is 1. The first-order chi connectivity index (χ1) is 13.3. The number of ketones is 2. The average Bonchev–Trinajstić information content (AvgIpc) is 2.67. The Hall–Kier alpha value is -2.02. The molecule has 0 unspecified atom stereocenters. The number of hydrogen-bond acceptors (Lipinski definition) is 5. The molecule has 2 aromatic rings. The van der Waals surface area contributed by atoms with Gasteiger partial charge >= 0.3 is 0 Å². The van der Waals surface area contributed by atoms with Gasteiger partial charge in [0.1, 0.15) is 5.82 Å². The molecule has 28 heavy (non-hydrogen) atoms. The maximum atomic E-state index is 14.4. The Morgan fingerprint density at radius 3 is 2.29 bits per heavy atom. The lowest BCUT2D eigenvalue weighted by molar-refractivity contribution is -0.0950. The molecule has 0 aromatic heterocycles. The molecule has 0 N–H and O–H groups in total. The van der Waals surface area contributed by atoms with Gasteiger partial charge in [-0.05, 0) is 55.8 Å². The molecule has 6 heteroatoms. The second-order valence-corrected chi connectivity index (χ2v) is 8.06. The van der Waals surface area contributed by atoms with E-state index in [2.05, 4.69) is 0 Å². The molecule has 0 atom stereocenters. The van der Waals surface area contributed by atoms with E-state index in [-0.39, 0.29) is 17.4 Å². The van der Waals surface area contributed by atoms with E-state index in [4.69, 9.17) is 9.47 Å². The van der Waals surface area contributed by atoms with Crippen LogP contribution >= 0.6 is 11.8 Å². The summed E-state index contributed by atoms with van der Waals surface area (Å²) in [5, 5.41) is 0. The fourth-order valence-corrected chi connectivity index (χ4v) is 4.46. The zero-order chi connectivity index (χ0) is 20.3. The Morgan fingerprint density at radius 2 is 1.68 bits per heavy atom. The normalized spacial score (nSPS) is 16.0. The van der Waals surface area contributed by atoms with Gasteiger partial charge in [0.15, 0.2) is 11.6 Å². The van der Waals surface area contributed by atoms with E-state index in [9.17, 15) is 14.0 Å². The van der Waals surface area contributed by atoms with Crippen LogP contribution in [0.25, 0.3) is 0 Å². The lowest BCUT2D eigenvalue weighted by Gasteiger charge is -2.36. The fourth-order valence-electron chi connectivity index (χ4n) is 3.52. The van der Waals surface area contributed by atoms with Gasteiger partial charge in [-0.3, -0.25) is 9.59 Å². The van der Waals surface area contributed by atoms with Crippen molar-refractivity contribution in [1.82, 2.24) is 0 Å². The van der Waals surface area contributed by atoms with Crippen molar-refractivity contribution in [1.29, 1.82) is 0 Å². The van der Waals surface area contributed by atoms with E-state index in [1.807, 2.05) is 6.07 Å². The quantitative estimate of drug-likeness (QED) is 0.634. The number of carbonyl (C=O) groups is 2. The highest BCUT2D eigenvalue weighted by atomic mass is 32.2. The number of halogens is 1. The molecule has 1 aliphatic rings. The van der Waals surface area contributed by atoms with E-state index in [0.717, 1.165) is 10.5 Å². The minimum absolute atomic E-state index is 0.156. The van der Waals surface area contributed by atoms with Crippen molar-refractivity contribution in [3.8, 4) is 0 Å². The first kappa shape index (κ1) is 20.7. The second kappa shape index (κ2) is 8.55. The van der Waals surface area contributed by atoms with Gasteiger partial charge in [-0.15, -0.1) is 0 Å². The van der Waals surface area contributed by atoms with Crippen LogP contribution in [-0.4, -0.2) is 31.9 Å². The largest absolute Gasteiger partial charge is 0.381 e. The SMILES string of the molecule is COC1(c2cc(F)cc(Sc3ccc(C(C)=O)c(C(C)=O)c3)c2)CCOCC1. The molecular weight excluding hydrogens is 379 g/mol. The molecule has 1 aliphatic heterocycles. The summed E-state index contributed by atoms with van der Waals surface area (Å²) in [6, 6.07) is 10.0. The number of benzene rings is 2. The molecule has 3 rings (SSSR count). The van der Waals surface area contributed by atoms with E-state index in [0.29, 0.717) is 42.1 Å². The summed E-state index contributed by atoms with van der Waals surface area (Å²) in [5.41, 5.74) is 1.01. The van der Waals surface area contributed by atoms with Crippen molar-refractivity contribution in [3.05, 3.63) is 58.9 Å². The van der Waals surface area contributed by atoms with Crippen molar-refractivity contribution in [2.45, 2.75) is 42.1 Å². The first-order valence-electron chi connectivity index (χ1n) is 9.12. The van der Waals surface area contributed by atoms with Crippen molar-refractivity contribution in [2.24, 2.45) is 0 Å². The van der Waals surface area contributed by atoms with E-state index >= 15 is 0 Å². The summed E-state index contributed by atoms with van der Waals surface area (Å²) in [4.78, 5) is 25.1. The number of Topliss-reactive ketones (excluding diaryl/α,β-unsaturated/α-hetero) is 2. The van der Waals surface area contributed by atoms with Crippen LogP contribution in [0.1, 0.15) is 53.0 Å². The molecule has 4 nitrogen and oxygen atoms in total. The van der Waals surface area contributed by atoms with Gasteiger partial charge in [-0.1, -0.05) is 11.8 Å². The van der Waals surface area contributed by atoms with Gasteiger partial charge < -0.3 is 9.47 Å². The van der Waals surface area contributed by atoms with Crippen molar-refractivity contribution >= 4 is 23.3 Å². The molecule has 0 saturated carbocycles. The smallest absolute Gasteiger partial charge is 0.160 e. The van der Waals surface area contributed by atoms with Crippen LogP contribution in [0, 0.1) is 5.82 Å². The minimum atomic E-state index is -0.557. The first-order valence-corrected chi connectivity index (χ1v) is 9.94. The predicted octanol–water partition coefficient (Wildman–Crippen LogP) is 5.03. The third-order valence-electron chi connectivity index (χ3n) is 5.07. The Kier molecular flexibility index (Phi) is 6.33. The standard InChI is InChI=1S/C22H23FO4S/c1-14(24)20-5-4-18(13-21(20)15(2)25)28-19-11-16(10-17(23)12-19)22(26-3)6-8-27-9-7-22/h4-5,10-13H,6-9H2,1-3H3. The topological polar surface area (TPSA) is 52.6 Å². The molecule has 0 bridgehead atoms. The van der Waals surface area contributed by atoms with Crippen molar-refractivity contribution in [2.75, 3.05) is 20.3 Å². The maximum Gasteiger partial charge on any atom is 0.160 e. The van der Waals surface area contributed by atoms with Crippen LogP contribution in [0.5, 0.6) is 0 Å². The molecule has 1 saturated heterocycles. The second-order valence-electron chi connectivity index (χ2n) is 6.91. The molecule has 0 radical (unpaired) electrons. The molecule has 148 valence electrons. The predicted molar refractivity (Wildman–Crippen MR) is 106 cm³/mol. The average molecular weight is 402 g/mol. The van der Waals surface area contributed by atoms with Crippen LogP contribution in [0.4, 0.5) is 4.39 Å². The van der Waals surface area contributed by atoms with Gasteiger partial charge in [-0.2, -0.15) is 0 Å². The molecule has 0 amide bonds. The third kappa shape index (κ3) is 4.35. The summed E-state index contributed by atoms with van der Waals surface area (Å²) in [5.74, 6) is -0.667. The van der Waals surface area contributed by atoms with E-state index in [1.165, 1.54) is 37.7 Å². The molecule has 1 heterocycles. The van der Waals surface area contributed by atoms with Gasteiger partial charge in [0.2, 0.25) is 0 Å². The van der Waals surface area contributed by atoms with Gasteiger partial charge in [-0.25, -0.2) is 4.39 Å². The number of rotatable bonds is 6. The van der Waals surface area contributed by atoms with Crippen LogP contribution in [0.15, 0.2) is 46.2 Å². The lowest BCUT2D eigenvalue weighted by atomic mass is 9.86. The summed E-state index contributed by atoms with van der Waals surface area (Å²) < 4.78 is 25.6. The van der Waals surface area contributed by atoms with Gasteiger partial charge in [0.05, 0.1) is 5.60 Å². The molecule has 0 aliphatic carbocycles. The van der Waals surface area contributed by atoms with Crippen molar-refractivity contribution < 1.29 is 23.5 Å². The summed E-state index contributed by atoms with van der Waals surface area (Å²) in [7, 11) is 1.64. The summed E-state index contributed by atoms with van der Waals surface area (Å²) in [6.45, 7) is 4.01. The Morgan fingerprint density at radius 1 is 1.00 bits per heavy atom. The van der Waals surface area contributed by atoms with Crippen LogP contribution < -0.4 is 0 Å². The van der Waals surface area contributed by atoms with Crippen molar-refractivity contribution in [3.63, 3.8) is 0 Å². The highest BCUT2D eigenvalue weighted by Gasteiger charge is 2.35. The minimum Gasteiger partial charge on any atom is -0.381 e. The Labute approximate surface area is 168 Å². The molecular formula is C22H23FO4S. The van der Waals surface area contributed by atoms with Gasteiger partial charge in [0, 0.05) is 54.1 Å². The highest BCUT2D eigenvalue weighted by Crippen LogP contribution is 2.39. The Balaban J connectivity index is 1.95. The lowest BCUT2D eigenvalue weighted by Crippen LogP contribution is -2.35. The number of carbonyl (C=O) groups excluding carboxylic acids is 2. The number of ether oxygens (including phenoxy) is 2. The monoisotopic (exact) mass is 402 g/mol. The third-order valence-corrected chi connectivity index (χ3v) is 6.03. The van der Waals surface area contributed by atoms with Crippen LogP contribution in [0.3, 0.4) is 0 Å². The van der Waals surface area contributed by atoms with E-state index in [1.54, 1.807) is 25.3 Å².